The lowest BCUT2D eigenvalue weighted by molar-refractivity contribution is 0.244. The monoisotopic (exact) mass is 372 g/mol. The van der Waals surface area contributed by atoms with Crippen LogP contribution in [0.5, 0.6) is 0 Å². The second kappa shape index (κ2) is 6.26. The minimum atomic E-state index is -2.98. The van der Waals surface area contributed by atoms with Crippen molar-refractivity contribution in [2.45, 2.75) is 19.8 Å². The third-order valence-electron chi connectivity index (χ3n) is 4.43. The molecule has 2 heterocycles. The summed E-state index contributed by atoms with van der Waals surface area (Å²) in [7, 11) is -1.20. The second-order valence-corrected chi connectivity index (χ2v) is 9.01. The molecule has 0 radical (unpaired) electrons. The smallest absolute Gasteiger partial charge is 0.150 e. The van der Waals surface area contributed by atoms with Gasteiger partial charge in [-0.2, -0.15) is 5.10 Å². The van der Waals surface area contributed by atoms with Gasteiger partial charge in [0.1, 0.15) is 5.15 Å². The maximum atomic E-state index is 11.8. The molecule has 0 amide bonds. The number of aryl methyl sites for hydroxylation is 2. The van der Waals surface area contributed by atoms with Gasteiger partial charge in [0.25, 0.3) is 0 Å². The molecule has 21 heavy (non-hydrogen) atoms. The highest BCUT2D eigenvalue weighted by atomic mass is 35.5. The van der Waals surface area contributed by atoms with Crippen LogP contribution in [0.4, 0.5) is 0 Å². The van der Waals surface area contributed by atoms with Gasteiger partial charge >= 0.3 is 0 Å². The molecular formula is C13H19Cl3N2O2S. The van der Waals surface area contributed by atoms with Gasteiger partial charge in [0.15, 0.2) is 9.84 Å². The van der Waals surface area contributed by atoms with Crippen LogP contribution in [-0.2, 0) is 23.3 Å². The van der Waals surface area contributed by atoms with Crippen molar-refractivity contribution in [1.82, 2.24) is 9.78 Å². The molecule has 1 aliphatic rings. The second-order valence-electron chi connectivity index (χ2n) is 5.88. The van der Waals surface area contributed by atoms with Crippen LogP contribution in [0, 0.1) is 18.3 Å². The van der Waals surface area contributed by atoms with Crippen molar-refractivity contribution < 1.29 is 8.42 Å². The predicted octanol–water partition coefficient (Wildman–Crippen LogP) is 2.82. The van der Waals surface area contributed by atoms with Crippen molar-refractivity contribution in [3.8, 4) is 0 Å². The van der Waals surface area contributed by atoms with E-state index in [1.807, 2.05) is 6.92 Å². The van der Waals surface area contributed by atoms with Crippen LogP contribution in [0.15, 0.2) is 0 Å². The fourth-order valence-electron chi connectivity index (χ4n) is 3.00. The molecule has 120 valence electrons. The molecule has 1 saturated heterocycles. The Balaban J connectivity index is 2.35. The lowest BCUT2D eigenvalue weighted by atomic mass is 9.74. The van der Waals surface area contributed by atoms with Crippen LogP contribution in [0.1, 0.15) is 17.7 Å². The van der Waals surface area contributed by atoms with Crippen LogP contribution in [0.3, 0.4) is 0 Å². The van der Waals surface area contributed by atoms with E-state index in [1.165, 1.54) is 0 Å². The predicted molar refractivity (Wildman–Crippen MR) is 87.3 cm³/mol. The van der Waals surface area contributed by atoms with E-state index in [0.717, 1.165) is 11.3 Å². The van der Waals surface area contributed by atoms with E-state index in [-0.39, 0.29) is 17.4 Å². The maximum absolute atomic E-state index is 11.8. The van der Waals surface area contributed by atoms with Crippen molar-refractivity contribution in [1.29, 1.82) is 0 Å². The summed E-state index contributed by atoms with van der Waals surface area (Å²) < 4.78 is 25.2. The largest absolute Gasteiger partial charge is 0.257 e. The highest BCUT2D eigenvalue weighted by Crippen LogP contribution is 2.42. The molecule has 0 aromatic carbocycles. The number of sulfone groups is 1. The normalized spacial score (nSPS) is 21.9. The topological polar surface area (TPSA) is 52.0 Å². The summed E-state index contributed by atoms with van der Waals surface area (Å²) >= 11 is 18.7. The van der Waals surface area contributed by atoms with Crippen LogP contribution in [0.25, 0.3) is 0 Å². The number of nitrogens with zero attached hydrogens (tertiary/aromatic N) is 2. The van der Waals surface area contributed by atoms with E-state index in [9.17, 15) is 8.42 Å². The van der Waals surface area contributed by atoms with E-state index in [1.54, 1.807) is 11.7 Å². The Labute approximate surface area is 140 Å². The van der Waals surface area contributed by atoms with E-state index in [0.29, 0.717) is 29.8 Å². The summed E-state index contributed by atoms with van der Waals surface area (Å²) in [6.45, 7) is 1.89. The molecule has 0 bridgehead atoms. The Bertz CT molecular complexity index is 624. The van der Waals surface area contributed by atoms with Gasteiger partial charge in [-0.05, 0) is 25.7 Å². The van der Waals surface area contributed by atoms with Gasteiger partial charge in [-0.15, -0.1) is 23.2 Å². The first-order valence-corrected chi connectivity index (χ1v) is 10.0. The first kappa shape index (κ1) is 17.4. The van der Waals surface area contributed by atoms with Gasteiger partial charge in [0.05, 0.1) is 17.2 Å². The zero-order chi connectivity index (χ0) is 15.8. The summed E-state index contributed by atoms with van der Waals surface area (Å²) in [6, 6.07) is 0. The molecule has 1 aromatic rings. The van der Waals surface area contributed by atoms with Gasteiger partial charge in [-0.1, -0.05) is 11.6 Å². The van der Waals surface area contributed by atoms with Crippen molar-refractivity contribution in [2.24, 2.45) is 18.4 Å². The number of halogens is 3. The molecule has 2 rings (SSSR count). The molecule has 0 aliphatic carbocycles. The average molecular weight is 374 g/mol. The van der Waals surface area contributed by atoms with Gasteiger partial charge in [0.2, 0.25) is 0 Å². The molecule has 1 unspecified atom stereocenters. The molecule has 0 N–H and O–H groups in total. The number of rotatable bonds is 5. The van der Waals surface area contributed by atoms with Crippen LogP contribution in [-0.4, -0.2) is 41.5 Å². The highest BCUT2D eigenvalue weighted by Gasteiger charge is 2.44. The molecule has 0 saturated carbocycles. The van der Waals surface area contributed by atoms with E-state index in [4.69, 9.17) is 34.8 Å². The maximum Gasteiger partial charge on any atom is 0.150 e. The van der Waals surface area contributed by atoms with Gasteiger partial charge in [-0.3, -0.25) is 4.68 Å². The van der Waals surface area contributed by atoms with Crippen LogP contribution < -0.4 is 0 Å². The average Bonchev–Trinajstić information content (AvgIpc) is 2.90. The molecule has 1 aliphatic heterocycles. The lowest BCUT2D eigenvalue weighted by Gasteiger charge is -2.35. The third-order valence-corrected chi connectivity index (χ3v) is 7.73. The quantitative estimate of drug-likeness (QED) is 0.746. The first-order chi connectivity index (χ1) is 9.74. The Morgan fingerprint density at radius 2 is 2.00 bits per heavy atom. The van der Waals surface area contributed by atoms with Crippen molar-refractivity contribution >= 4 is 44.6 Å². The molecule has 4 nitrogen and oxygen atoms in total. The summed E-state index contributed by atoms with van der Waals surface area (Å²) in [5, 5.41) is 4.86. The standard InChI is InChI=1S/C13H19Cl3N2O2S/c1-9-11(12(16)18(2)17-9)5-13(7-14,8-15)10-3-4-21(19,20)6-10/h10H,3-8H2,1-2H3. The summed E-state index contributed by atoms with van der Waals surface area (Å²) in [5.74, 6) is 0.951. The number of aromatic nitrogens is 2. The molecule has 1 fully saturated rings. The first-order valence-electron chi connectivity index (χ1n) is 6.75. The number of alkyl halides is 2. The van der Waals surface area contributed by atoms with Crippen LogP contribution >= 0.6 is 34.8 Å². The van der Waals surface area contributed by atoms with Crippen LogP contribution in [0.2, 0.25) is 5.15 Å². The fourth-order valence-corrected chi connectivity index (χ4v) is 6.09. The molecule has 8 heteroatoms. The molecular weight excluding hydrogens is 355 g/mol. The molecule has 1 atom stereocenters. The van der Waals surface area contributed by atoms with Gasteiger partial charge in [0, 0.05) is 29.8 Å². The Kier molecular flexibility index (Phi) is 5.19. The number of hydrogen-bond donors (Lipinski definition) is 0. The van der Waals surface area contributed by atoms with Crippen molar-refractivity contribution in [3.05, 3.63) is 16.4 Å². The Morgan fingerprint density at radius 1 is 1.38 bits per heavy atom. The SMILES string of the molecule is Cc1nn(C)c(Cl)c1CC(CCl)(CCl)C1CCS(=O)(=O)C1. The third kappa shape index (κ3) is 3.36. The Hall–Kier alpha value is 0.0300. The zero-order valence-electron chi connectivity index (χ0n) is 12.1. The van der Waals surface area contributed by atoms with Gasteiger partial charge < -0.3 is 0 Å². The van der Waals surface area contributed by atoms with Gasteiger partial charge in [-0.25, -0.2) is 8.42 Å². The highest BCUT2D eigenvalue weighted by molar-refractivity contribution is 7.91. The summed E-state index contributed by atoms with van der Waals surface area (Å²) in [4.78, 5) is 0. The van der Waals surface area contributed by atoms with Crippen molar-refractivity contribution in [3.63, 3.8) is 0 Å². The Morgan fingerprint density at radius 3 is 2.38 bits per heavy atom. The minimum absolute atomic E-state index is 0.0341. The molecule has 1 aromatic heterocycles. The van der Waals surface area contributed by atoms with E-state index in [2.05, 4.69) is 5.10 Å². The lowest BCUT2D eigenvalue weighted by Crippen LogP contribution is -2.38. The fraction of sp³-hybridized carbons (Fsp3) is 0.769. The molecule has 0 spiro atoms. The number of hydrogen-bond acceptors (Lipinski definition) is 3. The van der Waals surface area contributed by atoms with Crippen molar-refractivity contribution in [2.75, 3.05) is 23.3 Å². The van der Waals surface area contributed by atoms with E-state index < -0.39 is 15.3 Å². The summed E-state index contributed by atoms with van der Waals surface area (Å²) in [5.41, 5.74) is 1.28. The summed E-state index contributed by atoms with van der Waals surface area (Å²) in [6.07, 6.45) is 1.16. The van der Waals surface area contributed by atoms with E-state index >= 15 is 0 Å². The minimum Gasteiger partial charge on any atom is -0.257 e. The zero-order valence-corrected chi connectivity index (χ0v) is 15.2.